The lowest BCUT2D eigenvalue weighted by Crippen LogP contribution is -2.48. The minimum Gasteiger partial charge on any atom is -0.342 e. The fraction of sp³-hybridized carbons (Fsp3) is 0.471. The van der Waals surface area contributed by atoms with Crippen LogP contribution in [0.15, 0.2) is 24.3 Å². The molecule has 1 saturated heterocycles. The van der Waals surface area contributed by atoms with E-state index in [1.807, 2.05) is 13.8 Å². The van der Waals surface area contributed by atoms with Crippen LogP contribution in [0, 0.1) is 0 Å². The predicted octanol–water partition coefficient (Wildman–Crippen LogP) is 1.08. The van der Waals surface area contributed by atoms with Crippen LogP contribution in [0.5, 0.6) is 0 Å². The smallest absolute Gasteiger partial charge is 0.253 e. The molecule has 0 saturated carbocycles. The lowest BCUT2D eigenvalue weighted by molar-refractivity contribution is -0.119. The molecule has 0 aromatic heterocycles. The molecule has 0 atom stereocenters. The highest BCUT2D eigenvalue weighted by molar-refractivity contribution is 5.97. The van der Waals surface area contributed by atoms with Crippen LogP contribution in [0.4, 0.5) is 0 Å². The lowest BCUT2D eigenvalue weighted by atomic mass is 10.1. The van der Waals surface area contributed by atoms with Gasteiger partial charge in [0.05, 0.1) is 0 Å². The van der Waals surface area contributed by atoms with Gasteiger partial charge in [0.25, 0.3) is 11.8 Å². The first kappa shape index (κ1) is 17.0. The van der Waals surface area contributed by atoms with Gasteiger partial charge in [-0.15, -0.1) is 0 Å². The molecule has 124 valence electrons. The number of nitrogens with zero attached hydrogens (tertiary/aromatic N) is 3. The summed E-state index contributed by atoms with van der Waals surface area (Å²) in [5, 5.41) is 0. The van der Waals surface area contributed by atoms with Crippen LogP contribution < -0.4 is 0 Å². The molecular formula is C17H23N3O3. The Morgan fingerprint density at radius 2 is 1.52 bits per heavy atom. The molecule has 0 unspecified atom stereocenters. The molecule has 0 aliphatic carbocycles. The van der Waals surface area contributed by atoms with Gasteiger partial charge in [0.2, 0.25) is 6.41 Å². The van der Waals surface area contributed by atoms with Crippen molar-refractivity contribution in [3.8, 4) is 0 Å². The minimum atomic E-state index is -0.0580. The van der Waals surface area contributed by atoms with Crippen molar-refractivity contribution in [3.05, 3.63) is 35.4 Å². The Morgan fingerprint density at radius 1 is 1.00 bits per heavy atom. The first-order valence-electron chi connectivity index (χ1n) is 7.98. The summed E-state index contributed by atoms with van der Waals surface area (Å²) in [6.07, 6.45) is 0.815. The molecule has 1 aliphatic heterocycles. The third kappa shape index (κ3) is 3.88. The molecule has 1 aromatic carbocycles. The lowest BCUT2D eigenvalue weighted by Gasteiger charge is -2.32. The van der Waals surface area contributed by atoms with E-state index in [1.165, 1.54) is 0 Å². The second-order valence-corrected chi connectivity index (χ2v) is 5.49. The van der Waals surface area contributed by atoms with Gasteiger partial charge < -0.3 is 14.7 Å². The second-order valence-electron chi connectivity index (χ2n) is 5.49. The Kier molecular flexibility index (Phi) is 5.73. The van der Waals surface area contributed by atoms with E-state index in [1.54, 1.807) is 39.0 Å². The highest BCUT2D eigenvalue weighted by Gasteiger charge is 2.21. The maximum atomic E-state index is 12.4. The number of benzene rings is 1. The largest absolute Gasteiger partial charge is 0.342 e. The summed E-state index contributed by atoms with van der Waals surface area (Å²) in [5.41, 5.74) is 1.16. The third-order valence-electron chi connectivity index (χ3n) is 4.18. The van der Waals surface area contributed by atoms with Gasteiger partial charge in [-0.3, -0.25) is 14.4 Å². The Bertz CT molecular complexity index is 559. The highest BCUT2D eigenvalue weighted by atomic mass is 16.2. The Balaban J connectivity index is 2.03. The molecule has 0 bridgehead atoms. The Labute approximate surface area is 136 Å². The van der Waals surface area contributed by atoms with Crippen LogP contribution in [-0.2, 0) is 4.79 Å². The molecule has 0 radical (unpaired) electrons. The maximum absolute atomic E-state index is 12.4. The normalized spacial score (nSPS) is 14.5. The van der Waals surface area contributed by atoms with Crippen molar-refractivity contribution in [1.82, 2.24) is 14.7 Å². The van der Waals surface area contributed by atoms with E-state index in [-0.39, 0.29) is 11.8 Å². The van der Waals surface area contributed by atoms with E-state index in [0.717, 1.165) is 6.41 Å². The quantitative estimate of drug-likeness (QED) is 0.764. The summed E-state index contributed by atoms with van der Waals surface area (Å²) in [4.78, 5) is 40.5. The van der Waals surface area contributed by atoms with Gasteiger partial charge in [0, 0.05) is 50.4 Å². The molecule has 3 amide bonds. The van der Waals surface area contributed by atoms with Crippen molar-refractivity contribution in [2.24, 2.45) is 0 Å². The molecule has 6 heteroatoms. The summed E-state index contributed by atoms with van der Waals surface area (Å²) in [5.74, 6) is -0.0778. The van der Waals surface area contributed by atoms with Gasteiger partial charge in [-0.2, -0.15) is 0 Å². The van der Waals surface area contributed by atoms with Crippen LogP contribution in [0.3, 0.4) is 0 Å². The van der Waals surface area contributed by atoms with Gasteiger partial charge in [-0.25, -0.2) is 0 Å². The van der Waals surface area contributed by atoms with Crippen molar-refractivity contribution in [2.45, 2.75) is 13.8 Å². The summed E-state index contributed by atoms with van der Waals surface area (Å²) in [7, 11) is 0. The Morgan fingerprint density at radius 3 is 2.00 bits per heavy atom. The first-order valence-corrected chi connectivity index (χ1v) is 7.98. The fourth-order valence-corrected chi connectivity index (χ4v) is 2.66. The van der Waals surface area contributed by atoms with E-state index in [0.29, 0.717) is 50.4 Å². The molecule has 1 heterocycles. The predicted molar refractivity (Wildman–Crippen MR) is 87.2 cm³/mol. The molecular weight excluding hydrogens is 294 g/mol. The van der Waals surface area contributed by atoms with Crippen molar-refractivity contribution < 1.29 is 14.4 Å². The van der Waals surface area contributed by atoms with Gasteiger partial charge >= 0.3 is 0 Å². The molecule has 1 aromatic rings. The first-order chi connectivity index (χ1) is 11.1. The number of piperazine rings is 1. The average molecular weight is 317 g/mol. The van der Waals surface area contributed by atoms with Crippen LogP contribution in [-0.4, -0.2) is 72.2 Å². The van der Waals surface area contributed by atoms with Crippen LogP contribution in [0.25, 0.3) is 0 Å². The number of rotatable bonds is 5. The highest BCUT2D eigenvalue weighted by Crippen LogP contribution is 2.11. The van der Waals surface area contributed by atoms with Crippen molar-refractivity contribution in [2.75, 3.05) is 39.3 Å². The SMILES string of the molecule is CCN(CC)C(=O)c1ccc(C(=O)N2CCN(C=O)CC2)cc1. The molecule has 0 N–H and O–H groups in total. The van der Waals surface area contributed by atoms with Gasteiger partial charge in [0.15, 0.2) is 0 Å². The molecule has 1 aliphatic rings. The van der Waals surface area contributed by atoms with Gasteiger partial charge in [-0.1, -0.05) is 0 Å². The van der Waals surface area contributed by atoms with Crippen LogP contribution in [0.1, 0.15) is 34.6 Å². The fourth-order valence-electron chi connectivity index (χ4n) is 2.66. The number of hydrogen-bond acceptors (Lipinski definition) is 3. The van der Waals surface area contributed by atoms with Crippen molar-refractivity contribution >= 4 is 18.2 Å². The van der Waals surface area contributed by atoms with Crippen LogP contribution in [0.2, 0.25) is 0 Å². The standard InChI is InChI=1S/C17H23N3O3/c1-3-19(4-2)16(22)14-5-7-15(8-6-14)17(23)20-11-9-18(13-21)10-12-20/h5-8,13H,3-4,9-12H2,1-2H3. The summed E-state index contributed by atoms with van der Waals surface area (Å²) < 4.78 is 0. The average Bonchev–Trinajstić information content (AvgIpc) is 2.62. The Hall–Kier alpha value is -2.37. The van der Waals surface area contributed by atoms with Crippen LogP contribution >= 0.6 is 0 Å². The monoisotopic (exact) mass is 317 g/mol. The van der Waals surface area contributed by atoms with E-state index in [4.69, 9.17) is 0 Å². The second kappa shape index (κ2) is 7.76. The van der Waals surface area contributed by atoms with Crippen molar-refractivity contribution in [1.29, 1.82) is 0 Å². The van der Waals surface area contributed by atoms with Gasteiger partial charge in [-0.05, 0) is 38.1 Å². The van der Waals surface area contributed by atoms with E-state index in [2.05, 4.69) is 0 Å². The number of carbonyl (C=O) groups excluding carboxylic acids is 3. The van der Waals surface area contributed by atoms with Crippen molar-refractivity contribution in [3.63, 3.8) is 0 Å². The maximum Gasteiger partial charge on any atom is 0.253 e. The van der Waals surface area contributed by atoms with Gasteiger partial charge in [0.1, 0.15) is 0 Å². The molecule has 2 rings (SSSR count). The zero-order chi connectivity index (χ0) is 16.8. The topological polar surface area (TPSA) is 60.9 Å². The molecule has 23 heavy (non-hydrogen) atoms. The summed E-state index contributed by atoms with van der Waals surface area (Å²) in [6.45, 7) is 7.42. The summed E-state index contributed by atoms with van der Waals surface area (Å²) >= 11 is 0. The van der Waals surface area contributed by atoms with E-state index < -0.39 is 0 Å². The zero-order valence-electron chi connectivity index (χ0n) is 13.7. The molecule has 1 fully saturated rings. The molecule has 6 nitrogen and oxygen atoms in total. The number of amides is 3. The number of hydrogen-bond donors (Lipinski definition) is 0. The third-order valence-corrected chi connectivity index (χ3v) is 4.18. The zero-order valence-corrected chi connectivity index (χ0v) is 13.7. The minimum absolute atomic E-state index is 0.0198. The van der Waals surface area contributed by atoms with E-state index >= 15 is 0 Å². The summed E-state index contributed by atoms with van der Waals surface area (Å²) in [6, 6.07) is 6.81. The number of carbonyl (C=O) groups is 3. The van der Waals surface area contributed by atoms with E-state index in [9.17, 15) is 14.4 Å². The molecule has 0 spiro atoms.